The molecule has 0 bridgehead atoms. The molecule has 0 amide bonds. The van der Waals surface area contributed by atoms with Gasteiger partial charge in [-0.3, -0.25) is 4.79 Å². The lowest BCUT2D eigenvalue weighted by atomic mass is 10.1. The van der Waals surface area contributed by atoms with E-state index in [-0.39, 0.29) is 12.1 Å². The molecule has 0 aliphatic heterocycles. The third kappa shape index (κ3) is 3.40. The molecule has 0 aromatic heterocycles. The number of nitrogens with one attached hydrogen (secondary N) is 1. The average Bonchev–Trinajstić information content (AvgIpc) is 2.30. The molecule has 1 N–H and O–H groups in total. The third-order valence-electron chi connectivity index (χ3n) is 2.16. The first-order valence-electron chi connectivity index (χ1n) is 4.64. The highest BCUT2D eigenvalue weighted by Crippen LogP contribution is 2.30. The largest absolute Gasteiger partial charge is 0.628 e. The minimum atomic E-state index is -1.31. The van der Waals surface area contributed by atoms with Gasteiger partial charge in [0.2, 0.25) is 0 Å². The van der Waals surface area contributed by atoms with Crippen molar-refractivity contribution in [1.82, 2.24) is 0 Å². The van der Waals surface area contributed by atoms with Crippen LogP contribution in [-0.4, -0.2) is 20.2 Å². The summed E-state index contributed by atoms with van der Waals surface area (Å²) in [5, 5.41) is 20.2. The first-order chi connectivity index (χ1) is 7.99. The van der Waals surface area contributed by atoms with Crippen LogP contribution in [-0.2, 0) is 16.0 Å². The van der Waals surface area contributed by atoms with Gasteiger partial charge in [-0.05, 0) is 0 Å². The van der Waals surface area contributed by atoms with E-state index in [0.29, 0.717) is 15.8 Å². The minimum Gasteiger partial charge on any atom is -0.628 e. The summed E-state index contributed by atoms with van der Waals surface area (Å²) in [6.07, 6.45) is -0.00636. The topological polar surface area (TPSA) is 86.1 Å². The van der Waals surface area contributed by atoms with E-state index >= 15 is 0 Å². The lowest BCUT2D eigenvalue weighted by Gasteiger charge is -2.25. The van der Waals surface area contributed by atoms with Crippen molar-refractivity contribution >= 4 is 27.6 Å². The lowest BCUT2D eigenvalue weighted by Crippen LogP contribution is -2.96. The maximum atomic E-state index is 11.2. The van der Waals surface area contributed by atoms with Gasteiger partial charge in [-0.2, -0.15) is 0 Å². The van der Waals surface area contributed by atoms with Gasteiger partial charge in [-0.1, -0.05) is 15.9 Å². The lowest BCUT2D eigenvalue weighted by molar-refractivity contribution is -0.715. The van der Waals surface area contributed by atoms with Crippen LogP contribution in [0, 0.1) is 10.4 Å². The summed E-state index contributed by atoms with van der Waals surface area (Å²) in [4.78, 5) is 11.2. The number of hydrogen-bond donors (Lipinski definition) is 1. The molecule has 0 atom stereocenters. The van der Waals surface area contributed by atoms with Crippen molar-refractivity contribution in [3.63, 3.8) is 0 Å². The highest BCUT2D eigenvalue weighted by atomic mass is 79.9. The second kappa shape index (κ2) is 5.97. The van der Waals surface area contributed by atoms with Crippen molar-refractivity contribution in [2.24, 2.45) is 0 Å². The number of carbonyl (C=O) groups is 1. The summed E-state index contributed by atoms with van der Waals surface area (Å²) < 4.78 is 10.0. The van der Waals surface area contributed by atoms with Crippen LogP contribution in [0.25, 0.3) is 0 Å². The molecule has 94 valence electrons. The van der Waals surface area contributed by atoms with E-state index in [9.17, 15) is 15.2 Å². The predicted octanol–water partition coefficient (Wildman–Crippen LogP) is 0.685. The Morgan fingerprint density at radius 3 is 2.53 bits per heavy atom. The van der Waals surface area contributed by atoms with Crippen molar-refractivity contribution in [3.05, 3.63) is 32.6 Å². The molecule has 0 spiro atoms. The highest BCUT2D eigenvalue weighted by Gasteiger charge is 2.15. The fraction of sp³-hybridized carbons (Fsp3) is 0.300. The van der Waals surface area contributed by atoms with Gasteiger partial charge in [-0.15, -0.1) is 0 Å². The molecule has 0 saturated carbocycles. The van der Waals surface area contributed by atoms with E-state index in [4.69, 9.17) is 4.74 Å². The van der Waals surface area contributed by atoms with E-state index in [2.05, 4.69) is 20.7 Å². The summed E-state index contributed by atoms with van der Waals surface area (Å²) in [6.45, 7) is 0. The summed E-state index contributed by atoms with van der Waals surface area (Å²) in [5.41, 5.74) is 0.506. The molecule has 0 fully saturated rings. The van der Waals surface area contributed by atoms with Gasteiger partial charge in [0.15, 0.2) is 0 Å². The summed E-state index contributed by atoms with van der Waals surface area (Å²) >= 11 is 3.19. The minimum absolute atomic E-state index is 0.00636. The smallest absolute Gasteiger partial charge is 0.310 e. The molecule has 0 unspecified atom stereocenters. The summed E-state index contributed by atoms with van der Waals surface area (Å²) in [6, 6.07) is 2.66. The maximum absolute atomic E-state index is 11.2. The first-order valence-corrected chi connectivity index (χ1v) is 5.43. The van der Waals surface area contributed by atoms with Gasteiger partial charge in [0, 0.05) is 22.2 Å². The van der Waals surface area contributed by atoms with Gasteiger partial charge >= 0.3 is 5.97 Å². The molecule has 1 rings (SSSR count). The zero-order chi connectivity index (χ0) is 13.0. The van der Waals surface area contributed by atoms with Crippen molar-refractivity contribution < 1.29 is 19.5 Å². The number of quaternary nitrogens is 1. The molecule has 7 heteroatoms. The predicted molar refractivity (Wildman–Crippen MR) is 63.8 cm³/mol. The van der Waals surface area contributed by atoms with Gasteiger partial charge in [0.05, 0.1) is 20.6 Å². The Bertz CT molecular complexity index is 421. The maximum Gasteiger partial charge on any atom is 0.310 e. The van der Waals surface area contributed by atoms with Crippen molar-refractivity contribution in [2.75, 3.05) is 14.2 Å². The molecular weight excluding hydrogens is 294 g/mol. The van der Waals surface area contributed by atoms with Crippen LogP contribution in [0.4, 0.5) is 5.69 Å². The fourth-order valence-corrected chi connectivity index (χ4v) is 1.88. The Balaban J connectivity index is 3.16. The Morgan fingerprint density at radius 2 is 2.06 bits per heavy atom. The molecule has 0 radical (unpaired) electrons. The first kappa shape index (κ1) is 13.9. The SMILES string of the molecule is COC(=O)Cc1c(Br)cc([NH+]([O-])[O-])cc1OC. The van der Waals surface area contributed by atoms with Gasteiger partial charge in [-0.25, -0.2) is 0 Å². The van der Waals surface area contributed by atoms with E-state index in [0.717, 1.165) is 0 Å². The number of halogens is 1. The van der Waals surface area contributed by atoms with Crippen LogP contribution in [0.1, 0.15) is 5.56 Å². The molecule has 0 heterocycles. The van der Waals surface area contributed by atoms with Crippen molar-refractivity contribution in [2.45, 2.75) is 6.42 Å². The number of ether oxygens (including phenoxy) is 2. The second-order valence-corrected chi connectivity index (χ2v) is 4.03. The van der Waals surface area contributed by atoms with Crippen LogP contribution in [0.2, 0.25) is 0 Å². The number of carbonyl (C=O) groups excluding carboxylic acids is 1. The molecule has 0 aliphatic carbocycles. The summed E-state index contributed by atoms with van der Waals surface area (Å²) in [5.74, 6) is -0.144. The van der Waals surface area contributed by atoms with Crippen LogP contribution in [0.15, 0.2) is 16.6 Å². The number of benzene rings is 1. The second-order valence-electron chi connectivity index (χ2n) is 3.18. The fourth-order valence-electron chi connectivity index (χ4n) is 1.30. The Kier molecular flexibility index (Phi) is 4.88. The molecule has 0 saturated heterocycles. The molecule has 1 aromatic carbocycles. The molecule has 6 nitrogen and oxygen atoms in total. The Hall–Kier alpha value is -1.15. The normalized spacial score (nSPS) is 10.5. The van der Waals surface area contributed by atoms with Crippen molar-refractivity contribution in [1.29, 1.82) is 0 Å². The molecule has 17 heavy (non-hydrogen) atoms. The van der Waals surface area contributed by atoms with Crippen LogP contribution in [0.5, 0.6) is 5.75 Å². The zero-order valence-corrected chi connectivity index (χ0v) is 10.9. The number of methoxy groups -OCH3 is 2. The molecular formula is C10H11BrNO5-. The Morgan fingerprint density at radius 1 is 1.41 bits per heavy atom. The third-order valence-corrected chi connectivity index (χ3v) is 2.87. The number of rotatable bonds is 4. The monoisotopic (exact) mass is 304 g/mol. The van der Waals surface area contributed by atoms with E-state index < -0.39 is 11.2 Å². The van der Waals surface area contributed by atoms with Crippen LogP contribution >= 0.6 is 15.9 Å². The number of esters is 1. The van der Waals surface area contributed by atoms with Gasteiger partial charge < -0.3 is 25.1 Å². The summed E-state index contributed by atoms with van der Waals surface area (Å²) in [7, 11) is 2.67. The molecule has 1 aromatic rings. The van der Waals surface area contributed by atoms with E-state index in [1.165, 1.54) is 26.4 Å². The zero-order valence-electron chi connectivity index (χ0n) is 9.28. The quantitative estimate of drug-likeness (QED) is 0.653. The number of hydrogen-bond acceptors (Lipinski definition) is 5. The van der Waals surface area contributed by atoms with E-state index in [1.807, 2.05) is 0 Å². The average molecular weight is 305 g/mol. The van der Waals surface area contributed by atoms with Gasteiger partial charge in [0.25, 0.3) is 0 Å². The standard InChI is InChI=1S/C10H11BrNO5/c1-16-9-4-6(12(14)15)3-8(11)7(9)5-10(13)17-2/h3-4,12H,5H2,1-2H3/q-1. The van der Waals surface area contributed by atoms with Crippen LogP contribution < -0.4 is 9.96 Å². The van der Waals surface area contributed by atoms with E-state index in [1.54, 1.807) is 0 Å². The molecule has 0 aliphatic rings. The highest BCUT2D eigenvalue weighted by molar-refractivity contribution is 9.10. The van der Waals surface area contributed by atoms with Crippen molar-refractivity contribution in [3.8, 4) is 5.75 Å². The van der Waals surface area contributed by atoms with Crippen LogP contribution in [0.3, 0.4) is 0 Å². The Labute approximate surface area is 106 Å². The van der Waals surface area contributed by atoms with Gasteiger partial charge in [0.1, 0.15) is 11.4 Å².